The number of fused-ring (bicyclic) bond motifs is 5. The second-order valence-corrected chi connectivity index (χ2v) is 11.7. The van der Waals surface area contributed by atoms with Crippen molar-refractivity contribution in [1.29, 1.82) is 0 Å². The maximum absolute atomic E-state index is 12.8. The van der Waals surface area contributed by atoms with Gasteiger partial charge in [-0.05, 0) is 107 Å². The van der Waals surface area contributed by atoms with Crippen LogP contribution in [0, 0.1) is 40.9 Å². The average molecular weight is 411 g/mol. The highest BCUT2D eigenvalue weighted by Crippen LogP contribution is 2.64. The lowest BCUT2D eigenvalue weighted by Gasteiger charge is -2.57. The molecule has 142 valence electrons. The van der Waals surface area contributed by atoms with Crippen molar-refractivity contribution in [3.05, 3.63) is 0 Å². The standard InChI is InChI=1S/C22H35BrO2/c1-13(23)20(24)19-7-6-18-17-5-4-14-12-21(2,25)10-8-15(14)16(17)9-11-22(18,19)3/h13-19,25H,4-12H2,1-3H3/t13-,14-,15+,16-,17-,18+,19-,21-,22+/m1/s1. The number of carbonyl (C=O) groups is 1. The normalized spacial score (nSPS) is 53.5. The van der Waals surface area contributed by atoms with E-state index in [1.54, 1.807) is 0 Å². The molecule has 4 aliphatic carbocycles. The number of alkyl halides is 1. The van der Waals surface area contributed by atoms with E-state index in [-0.39, 0.29) is 16.2 Å². The third-order valence-electron chi connectivity index (χ3n) is 8.97. The average Bonchev–Trinajstić information content (AvgIpc) is 2.89. The van der Waals surface area contributed by atoms with Crippen molar-refractivity contribution in [3.63, 3.8) is 0 Å². The maximum atomic E-state index is 12.8. The van der Waals surface area contributed by atoms with Crippen LogP contribution >= 0.6 is 15.9 Å². The number of carbonyl (C=O) groups excluding carboxylic acids is 1. The fourth-order valence-corrected chi connectivity index (χ4v) is 8.15. The second-order valence-electron chi connectivity index (χ2n) is 10.4. The first kappa shape index (κ1) is 18.5. The van der Waals surface area contributed by atoms with Crippen LogP contribution in [0.1, 0.15) is 78.6 Å². The lowest BCUT2D eigenvalue weighted by molar-refractivity contribution is -0.131. The topological polar surface area (TPSA) is 37.3 Å². The first-order chi connectivity index (χ1) is 11.7. The van der Waals surface area contributed by atoms with Crippen molar-refractivity contribution < 1.29 is 9.90 Å². The molecule has 3 heteroatoms. The smallest absolute Gasteiger partial charge is 0.149 e. The Balaban J connectivity index is 1.54. The molecule has 0 spiro atoms. The van der Waals surface area contributed by atoms with Gasteiger partial charge >= 0.3 is 0 Å². The molecule has 4 rings (SSSR count). The summed E-state index contributed by atoms with van der Waals surface area (Å²) in [4.78, 5) is 12.8. The molecule has 0 aromatic carbocycles. The van der Waals surface area contributed by atoms with Crippen molar-refractivity contribution in [2.45, 2.75) is 89.0 Å². The molecule has 4 fully saturated rings. The number of halogens is 1. The van der Waals surface area contributed by atoms with Crippen LogP contribution in [-0.4, -0.2) is 21.3 Å². The fraction of sp³-hybridized carbons (Fsp3) is 0.955. The molecule has 0 bridgehead atoms. The van der Waals surface area contributed by atoms with Gasteiger partial charge < -0.3 is 5.11 Å². The van der Waals surface area contributed by atoms with Crippen LogP contribution in [0.2, 0.25) is 0 Å². The molecule has 0 saturated heterocycles. The summed E-state index contributed by atoms with van der Waals surface area (Å²) in [5.41, 5.74) is -0.179. The lowest BCUT2D eigenvalue weighted by Crippen LogP contribution is -2.51. The lowest BCUT2D eigenvalue weighted by atomic mass is 9.49. The molecule has 0 aromatic heterocycles. The van der Waals surface area contributed by atoms with E-state index in [0.29, 0.717) is 5.78 Å². The molecule has 0 radical (unpaired) electrons. The summed E-state index contributed by atoms with van der Waals surface area (Å²) in [5, 5.41) is 10.5. The molecule has 0 aromatic rings. The van der Waals surface area contributed by atoms with E-state index < -0.39 is 5.60 Å². The Bertz CT molecular complexity index is 542. The predicted molar refractivity (Wildman–Crippen MR) is 105 cm³/mol. The van der Waals surface area contributed by atoms with Gasteiger partial charge in [0.25, 0.3) is 0 Å². The monoisotopic (exact) mass is 410 g/mol. The third-order valence-corrected chi connectivity index (χ3v) is 9.42. The van der Waals surface area contributed by atoms with Gasteiger partial charge in [0, 0.05) is 5.92 Å². The molecule has 4 saturated carbocycles. The van der Waals surface area contributed by atoms with Crippen LogP contribution in [0.4, 0.5) is 0 Å². The number of ketones is 1. The fourth-order valence-electron chi connectivity index (χ4n) is 7.83. The van der Waals surface area contributed by atoms with E-state index in [1.807, 2.05) is 13.8 Å². The van der Waals surface area contributed by atoms with Crippen molar-refractivity contribution >= 4 is 21.7 Å². The Kier molecular flexibility index (Phi) is 4.68. The van der Waals surface area contributed by atoms with Crippen molar-refractivity contribution in [2.24, 2.45) is 40.9 Å². The van der Waals surface area contributed by atoms with Gasteiger partial charge in [-0.2, -0.15) is 0 Å². The van der Waals surface area contributed by atoms with Crippen molar-refractivity contribution in [1.82, 2.24) is 0 Å². The Morgan fingerprint density at radius 1 is 1.00 bits per heavy atom. The van der Waals surface area contributed by atoms with Crippen molar-refractivity contribution in [3.8, 4) is 0 Å². The summed E-state index contributed by atoms with van der Waals surface area (Å²) in [6.07, 6.45) is 10.8. The minimum atomic E-state index is -0.423. The maximum Gasteiger partial charge on any atom is 0.149 e. The highest BCUT2D eigenvalue weighted by molar-refractivity contribution is 9.10. The minimum Gasteiger partial charge on any atom is -0.390 e. The largest absolute Gasteiger partial charge is 0.390 e. The molecule has 9 atom stereocenters. The SMILES string of the molecule is C[C@@H](Br)C(=O)[C@H]1CC[C@H]2[C@@H]3CC[C@@H]4C[C@](C)(O)CC[C@@H]4[C@H]3CC[C@]12C. The van der Waals surface area contributed by atoms with Gasteiger partial charge in [0.05, 0.1) is 10.4 Å². The van der Waals surface area contributed by atoms with Gasteiger partial charge in [-0.1, -0.05) is 22.9 Å². The van der Waals surface area contributed by atoms with Crippen LogP contribution in [0.15, 0.2) is 0 Å². The number of hydrogen-bond acceptors (Lipinski definition) is 2. The van der Waals surface area contributed by atoms with Crippen LogP contribution in [0.5, 0.6) is 0 Å². The number of Topliss-reactive ketones (excluding diaryl/α,β-unsaturated/α-hetero) is 1. The molecular weight excluding hydrogens is 376 g/mol. The summed E-state index contributed by atoms with van der Waals surface area (Å²) < 4.78 is 0. The van der Waals surface area contributed by atoms with Crippen molar-refractivity contribution in [2.75, 3.05) is 0 Å². The van der Waals surface area contributed by atoms with E-state index in [2.05, 4.69) is 22.9 Å². The molecular formula is C22H35BrO2. The van der Waals surface area contributed by atoms with E-state index in [1.165, 1.54) is 38.5 Å². The number of hydrogen-bond donors (Lipinski definition) is 1. The van der Waals surface area contributed by atoms with Gasteiger partial charge in [-0.3, -0.25) is 4.79 Å². The molecule has 0 heterocycles. The zero-order valence-corrected chi connectivity index (χ0v) is 17.7. The van der Waals surface area contributed by atoms with Gasteiger partial charge in [0.2, 0.25) is 0 Å². The molecule has 0 aliphatic heterocycles. The third kappa shape index (κ3) is 2.96. The zero-order valence-electron chi connectivity index (χ0n) is 16.1. The minimum absolute atomic E-state index is 0.00195. The first-order valence-corrected chi connectivity index (χ1v) is 11.5. The Morgan fingerprint density at radius 2 is 1.72 bits per heavy atom. The van der Waals surface area contributed by atoms with Gasteiger partial charge in [-0.25, -0.2) is 0 Å². The van der Waals surface area contributed by atoms with Gasteiger partial charge in [0.1, 0.15) is 5.78 Å². The molecule has 0 amide bonds. The van der Waals surface area contributed by atoms with E-state index >= 15 is 0 Å². The molecule has 25 heavy (non-hydrogen) atoms. The number of rotatable bonds is 2. The summed E-state index contributed by atoms with van der Waals surface area (Å²) >= 11 is 3.54. The van der Waals surface area contributed by atoms with E-state index in [9.17, 15) is 9.90 Å². The zero-order chi connectivity index (χ0) is 18.0. The molecule has 4 aliphatic rings. The summed E-state index contributed by atoms with van der Waals surface area (Å²) in [7, 11) is 0. The van der Waals surface area contributed by atoms with Crippen LogP contribution in [-0.2, 0) is 4.79 Å². The first-order valence-electron chi connectivity index (χ1n) is 10.6. The van der Waals surface area contributed by atoms with Crippen LogP contribution in [0.3, 0.4) is 0 Å². The number of aliphatic hydroxyl groups is 1. The highest BCUT2D eigenvalue weighted by atomic mass is 79.9. The van der Waals surface area contributed by atoms with Gasteiger partial charge in [0.15, 0.2) is 0 Å². The van der Waals surface area contributed by atoms with E-state index in [0.717, 1.165) is 48.9 Å². The van der Waals surface area contributed by atoms with Gasteiger partial charge in [-0.15, -0.1) is 0 Å². The highest BCUT2D eigenvalue weighted by Gasteiger charge is 2.58. The summed E-state index contributed by atoms with van der Waals surface area (Å²) in [6, 6.07) is 0. The Morgan fingerprint density at radius 3 is 2.44 bits per heavy atom. The second kappa shape index (κ2) is 6.33. The molecule has 0 unspecified atom stereocenters. The Labute approximate surface area is 161 Å². The van der Waals surface area contributed by atoms with E-state index in [4.69, 9.17) is 0 Å². The quantitative estimate of drug-likeness (QED) is 0.622. The Hall–Kier alpha value is 0.110. The van der Waals surface area contributed by atoms with Crippen LogP contribution < -0.4 is 0 Å². The predicted octanol–water partition coefficient (Wildman–Crippen LogP) is 5.36. The summed E-state index contributed by atoms with van der Waals surface area (Å²) in [5.74, 6) is 4.78. The summed E-state index contributed by atoms with van der Waals surface area (Å²) in [6.45, 7) is 6.49. The molecule has 1 N–H and O–H groups in total. The molecule has 2 nitrogen and oxygen atoms in total. The van der Waals surface area contributed by atoms with Crippen LogP contribution in [0.25, 0.3) is 0 Å².